The van der Waals surface area contributed by atoms with E-state index in [1.54, 1.807) is 13.3 Å². The van der Waals surface area contributed by atoms with Crippen LogP contribution in [0.3, 0.4) is 0 Å². The third-order valence-electron chi connectivity index (χ3n) is 2.89. The van der Waals surface area contributed by atoms with E-state index in [0.29, 0.717) is 5.92 Å². The molecule has 5 heteroatoms. The summed E-state index contributed by atoms with van der Waals surface area (Å²) in [5, 5.41) is 0. The summed E-state index contributed by atoms with van der Waals surface area (Å²) in [6.07, 6.45) is 4.09. The van der Waals surface area contributed by atoms with E-state index in [-0.39, 0.29) is 0 Å². The Morgan fingerprint density at radius 2 is 2.17 bits per heavy atom. The van der Waals surface area contributed by atoms with Crippen molar-refractivity contribution >= 4 is 15.9 Å². The molecule has 0 radical (unpaired) electrons. The summed E-state index contributed by atoms with van der Waals surface area (Å²) in [7, 11) is 1.64. The van der Waals surface area contributed by atoms with Gasteiger partial charge in [0.2, 0.25) is 0 Å². The maximum Gasteiger partial charge on any atom is 0.146 e. The fraction of sp³-hybridized carbons (Fsp3) is 0.308. The largest absolute Gasteiger partial charge is 0.494 e. The van der Waals surface area contributed by atoms with Crippen LogP contribution in [0.5, 0.6) is 5.75 Å². The summed E-state index contributed by atoms with van der Waals surface area (Å²) in [6, 6.07) is 5.60. The number of nitrogens with zero attached hydrogens (tertiary/aromatic N) is 3. The van der Waals surface area contributed by atoms with E-state index in [0.717, 1.165) is 27.6 Å². The Balaban J connectivity index is 2.10. The van der Waals surface area contributed by atoms with Gasteiger partial charge in [-0.1, -0.05) is 0 Å². The first-order valence-electron chi connectivity index (χ1n) is 5.82. The maximum absolute atomic E-state index is 5.32. The zero-order chi connectivity index (χ0) is 12.5. The molecule has 0 aliphatic heterocycles. The highest BCUT2D eigenvalue weighted by Crippen LogP contribution is 2.39. The van der Waals surface area contributed by atoms with E-state index in [1.807, 2.05) is 18.2 Å². The molecule has 0 unspecified atom stereocenters. The first-order chi connectivity index (χ1) is 8.78. The second-order valence-corrected chi connectivity index (χ2v) is 5.08. The Morgan fingerprint density at radius 1 is 1.33 bits per heavy atom. The lowest BCUT2D eigenvalue weighted by Gasteiger charge is -2.08. The Kier molecular flexibility index (Phi) is 2.99. The zero-order valence-corrected chi connectivity index (χ0v) is 11.5. The highest BCUT2D eigenvalue weighted by Gasteiger charge is 2.27. The minimum Gasteiger partial charge on any atom is -0.494 e. The first-order valence-corrected chi connectivity index (χ1v) is 6.61. The van der Waals surface area contributed by atoms with Crippen LogP contribution >= 0.6 is 15.9 Å². The fourth-order valence-electron chi connectivity index (χ4n) is 1.83. The minimum absolute atomic E-state index is 0.510. The van der Waals surface area contributed by atoms with E-state index in [9.17, 15) is 0 Å². The van der Waals surface area contributed by atoms with Crippen molar-refractivity contribution in [1.29, 1.82) is 0 Å². The van der Waals surface area contributed by atoms with Crippen LogP contribution in [0, 0.1) is 0 Å². The topological polar surface area (TPSA) is 47.9 Å². The SMILES string of the molecule is COc1cccnc1-c1cc(Br)nc(C2CC2)n1. The summed E-state index contributed by atoms with van der Waals surface area (Å²) >= 11 is 3.43. The van der Waals surface area contributed by atoms with Crippen molar-refractivity contribution in [3.63, 3.8) is 0 Å². The average molecular weight is 306 g/mol. The van der Waals surface area contributed by atoms with Crippen LogP contribution in [-0.2, 0) is 0 Å². The number of methoxy groups -OCH3 is 1. The molecule has 4 nitrogen and oxygen atoms in total. The standard InChI is InChI=1S/C13H12BrN3O/c1-18-10-3-2-6-15-12(10)9-7-11(14)17-13(16-9)8-4-5-8/h2-3,6-8H,4-5H2,1H3. The van der Waals surface area contributed by atoms with Crippen LogP contribution in [0.2, 0.25) is 0 Å². The number of hydrogen-bond donors (Lipinski definition) is 0. The number of rotatable bonds is 3. The molecular formula is C13H12BrN3O. The van der Waals surface area contributed by atoms with Gasteiger partial charge in [0, 0.05) is 12.1 Å². The normalized spacial score (nSPS) is 14.6. The molecule has 0 spiro atoms. The molecule has 0 amide bonds. The van der Waals surface area contributed by atoms with Crippen molar-refractivity contribution in [2.24, 2.45) is 0 Å². The van der Waals surface area contributed by atoms with Crippen LogP contribution in [0.4, 0.5) is 0 Å². The molecule has 0 aromatic carbocycles. The molecule has 2 aromatic heterocycles. The Labute approximate surface area is 114 Å². The van der Waals surface area contributed by atoms with Gasteiger partial charge in [0.05, 0.1) is 12.8 Å². The number of aromatic nitrogens is 3. The molecule has 1 saturated carbocycles. The Bertz CT molecular complexity index is 584. The average Bonchev–Trinajstić information content (AvgIpc) is 3.22. The quantitative estimate of drug-likeness (QED) is 0.817. The minimum atomic E-state index is 0.510. The summed E-state index contributed by atoms with van der Waals surface area (Å²) in [4.78, 5) is 13.4. The lowest BCUT2D eigenvalue weighted by molar-refractivity contribution is 0.414. The van der Waals surface area contributed by atoms with Gasteiger partial charge in [-0.05, 0) is 47.0 Å². The van der Waals surface area contributed by atoms with Crippen molar-refractivity contribution in [2.45, 2.75) is 18.8 Å². The number of ether oxygens (including phenoxy) is 1. The molecule has 3 rings (SSSR count). The molecule has 0 N–H and O–H groups in total. The van der Waals surface area contributed by atoms with Gasteiger partial charge in [-0.25, -0.2) is 9.97 Å². The Morgan fingerprint density at radius 3 is 2.89 bits per heavy atom. The van der Waals surface area contributed by atoms with Gasteiger partial charge in [0.15, 0.2) is 0 Å². The first kappa shape index (κ1) is 11.6. The van der Waals surface area contributed by atoms with Crippen molar-refractivity contribution in [1.82, 2.24) is 15.0 Å². The molecule has 1 fully saturated rings. The predicted octanol–water partition coefficient (Wildman–Crippen LogP) is 3.19. The highest BCUT2D eigenvalue weighted by molar-refractivity contribution is 9.10. The van der Waals surface area contributed by atoms with Gasteiger partial charge in [-0.3, -0.25) is 4.98 Å². The van der Waals surface area contributed by atoms with Gasteiger partial charge in [-0.15, -0.1) is 0 Å². The lowest BCUT2D eigenvalue weighted by atomic mass is 10.2. The molecule has 1 aliphatic rings. The monoisotopic (exact) mass is 305 g/mol. The van der Waals surface area contributed by atoms with Crippen LogP contribution in [0.15, 0.2) is 29.0 Å². The summed E-state index contributed by atoms with van der Waals surface area (Å²) in [5.74, 6) is 2.13. The van der Waals surface area contributed by atoms with Crippen molar-refractivity contribution < 1.29 is 4.74 Å². The van der Waals surface area contributed by atoms with Gasteiger partial charge in [-0.2, -0.15) is 0 Å². The molecule has 92 valence electrons. The summed E-state index contributed by atoms with van der Waals surface area (Å²) < 4.78 is 6.11. The predicted molar refractivity (Wildman–Crippen MR) is 71.5 cm³/mol. The van der Waals surface area contributed by atoms with E-state index < -0.39 is 0 Å². The molecule has 18 heavy (non-hydrogen) atoms. The van der Waals surface area contributed by atoms with Crippen LogP contribution in [-0.4, -0.2) is 22.1 Å². The number of halogens is 1. The van der Waals surface area contributed by atoms with Gasteiger partial charge >= 0.3 is 0 Å². The smallest absolute Gasteiger partial charge is 0.146 e. The van der Waals surface area contributed by atoms with E-state index in [1.165, 1.54) is 12.8 Å². The zero-order valence-electron chi connectivity index (χ0n) is 9.93. The van der Waals surface area contributed by atoms with E-state index in [2.05, 4.69) is 30.9 Å². The molecule has 0 saturated heterocycles. The number of pyridine rings is 1. The maximum atomic E-state index is 5.32. The van der Waals surface area contributed by atoms with E-state index >= 15 is 0 Å². The fourth-order valence-corrected chi connectivity index (χ4v) is 2.23. The third kappa shape index (κ3) is 2.22. The summed E-state index contributed by atoms with van der Waals surface area (Å²) in [6.45, 7) is 0. The van der Waals surface area contributed by atoms with Gasteiger partial charge in [0.1, 0.15) is 21.9 Å². The summed E-state index contributed by atoms with van der Waals surface area (Å²) in [5.41, 5.74) is 1.56. The van der Waals surface area contributed by atoms with Gasteiger partial charge < -0.3 is 4.74 Å². The van der Waals surface area contributed by atoms with Crippen molar-refractivity contribution in [3.8, 4) is 17.1 Å². The van der Waals surface area contributed by atoms with Crippen molar-refractivity contribution in [2.75, 3.05) is 7.11 Å². The van der Waals surface area contributed by atoms with Crippen LogP contribution in [0.1, 0.15) is 24.6 Å². The second kappa shape index (κ2) is 4.65. The molecule has 0 atom stereocenters. The molecule has 2 aromatic rings. The molecule has 0 bridgehead atoms. The van der Waals surface area contributed by atoms with Crippen LogP contribution in [0.25, 0.3) is 11.4 Å². The van der Waals surface area contributed by atoms with E-state index in [4.69, 9.17) is 4.74 Å². The molecular weight excluding hydrogens is 294 g/mol. The third-order valence-corrected chi connectivity index (χ3v) is 3.29. The van der Waals surface area contributed by atoms with Crippen LogP contribution < -0.4 is 4.74 Å². The molecule has 1 aliphatic carbocycles. The van der Waals surface area contributed by atoms with Crippen molar-refractivity contribution in [3.05, 3.63) is 34.8 Å². The van der Waals surface area contributed by atoms with Gasteiger partial charge in [0.25, 0.3) is 0 Å². The highest BCUT2D eigenvalue weighted by atomic mass is 79.9. The second-order valence-electron chi connectivity index (χ2n) is 4.26. The number of hydrogen-bond acceptors (Lipinski definition) is 4. The lowest BCUT2D eigenvalue weighted by Crippen LogP contribution is -1.98. The Hall–Kier alpha value is -1.49. The molecule has 2 heterocycles.